The molecule has 0 aliphatic carbocycles. The molecule has 1 amide bonds. The maximum Gasteiger partial charge on any atom is 0.274 e. The van der Waals surface area contributed by atoms with Gasteiger partial charge in [0.25, 0.3) is 5.91 Å². The smallest absolute Gasteiger partial charge is 0.274 e. The number of aliphatic hydroxyl groups is 1. The summed E-state index contributed by atoms with van der Waals surface area (Å²) in [6.07, 6.45) is 3.45. The molecule has 0 unspecified atom stereocenters. The van der Waals surface area contributed by atoms with Crippen molar-refractivity contribution in [2.45, 2.75) is 51.3 Å². The third-order valence-electron chi connectivity index (χ3n) is 5.19. The Morgan fingerprint density at radius 2 is 2.00 bits per heavy atom. The molecular weight excluding hydrogens is 330 g/mol. The van der Waals surface area contributed by atoms with Crippen LogP contribution in [0.4, 0.5) is 0 Å². The molecule has 3 rings (SSSR count). The molecule has 26 heavy (non-hydrogen) atoms. The highest BCUT2D eigenvalue weighted by atomic mass is 16.5. The molecule has 140 valence electrons. The molecule has 2 aromatic rings. The highest BCUT2D eigenvalue weighted by Gasteiger charge is 2.43. The third kappa shape index (κ3) is 3.33. The highest BCUT2D eigenvalue weighted by molar-refractivity contribution is 5.92. The summed E-state index contributed by atoms with van der Waals surface area (Å²) in [5.41, 5.74) is 0.0609. The Kier molecular flexibility index (Phi) is 5.05. The fourth-order valence-electron chi connectivity index (χ4n) is 3.60. The Morgan fingerprint density at radius 3 is 2.58 bits per heavy atom. The molecule has 0 spiro atoms. The SMILES string of the molecule is COc1ccc([C@@](C)(O)[C@@H]2CCCN2C(=O)c2ccn(C(C)C)n2)cc1. The highest BCUT2D eigenvalue weighted by Crippen LogP contribution is 2.36. The zero-order valence-corrected chi connectivity index (χ0v) is 15.8. The summed E-state index contributed by atoms with van der Waals surface area (Å²) < 4.78 is 6.97. The van der Waals surface area contributed by atoms with E-state index in [-0.39, 0.29) is 18.0 Å². The van der Waals surface area contributed by atoms with Gasteiger partial charge in [0.1, 0.15) is 17.0 Å². The van der Waals surface area contributed by atoms with Crippen LogP contribution in [-0.2, 0) is 5.60 Å². The van der Waals surface area contributed by atoms with Crippen molar-refractivity contribution in [2.24, 2.45) is 0 Å². The fraction of sp³-hybridized carbons (Fsp3) is 0.500. The standard InChI is InChI=1S/C20H27N3O3/c1-14(2)23-13-11-17(21-23)19(24)22-12-5-6-18(22)20(3,25)15-7-9-16(26-4)10-8-15/h7-11,13-14,18,25H,5-6,12H2,1-4H3/t18-,20+/m0/s1. The first-order chi connectivity index (χ1) is 12.3. The molecule has 1 saturated heterocycles. The first kappa shape index (κ1) is 18.5. The van der Waals surface area contributed by atoms with E-state index in [1.807, 2.05) is 44.3 Å². The molecule has 6 heteroatoms. The van der Waals surface area contributed by atoms with Crippen LogP contribution >= 0.6 is 0 Å². The van der Waals surface area contributed by atoms with Gasteiger partial charge in [-0.2, -0.15) is 5.10 Å². The van der Waals surface area contributed by atoms with E-state index >= 15 is 0 Å². The molecule has 1 aliphatic rings. The maximum absolute atomic E-state index is 13.0. The number of hydrogen-bond acceptors (Lipinski definition) is 4. The zero-order chi connectivity index (χ0) is 18.9. The van der Waals surface area contributed by atoms with Crippen molar-refractivity contribution in [3.63, 3.8) is 0 Å². The van der Waals surface area contributed by atoms with Gasteiger partial charge in [0.05, 0.1) is 13.2 Å². The van der Waals surface area contributed by atoms with Gasteiger partial charge < -0.3 is 14.7 Å². The lowest BCUT2D eigenvalue weighted by molar-refractivity contribution is -0.0179. The van der Waals surface area contributed by atoms with E-state index in [1.165, 1.54) is 0 Å². The van der Waals surface area contributed by atoms with E-state index in [0.717, 1.165) is 24.2 Å². The summed E-state index contributed by atoms with van der Waals surface area (Å²) in [6, 6.07) is 9.03. The number of carbonyl (C=O) groups is 1. The fourth-order valence-corrected chi connectivity index (χ4v) is 3.60. The van der Waals surface area contributed by atoms with Crippen LogP contribution < -0.4 is 4.74 Å². The first-order valence-electron chi connectivity index (χ1n) is 9.07. The second kappa shape index (κ2) is 7.11. The van der Waals surface area contributed by atoms with Crippen LogP contribution in [0.5, 0.6) is 5.75 Å². The van der Waals surface area contributed by atoms with Crippen LogP contribution in [0.15, 0.2) is 36.5 Å². The summed E-state index contributed by atoms with van der Waals surface area (Å²) in [5, 5.41) is 15.6. The Bertz CT molecular complexity index is 765. The van der Waals surface area contributed by atoms with E-state index in [0.29, 0.717) is 12.2 Å². The number of rotatable bonds is 5. The summed E-state index contributed by atoms with van der Waals surface area (Å²) in [7, 11) is 1.61. The lowest BCUT2D eigenvalue weighted by Crippen LogP contribution is -2.48. The molecule has 6 nitrogen and oxygen atoms in total. The summed E-state index contributed by atoms with van der Waals surface area (Å²) >= 11 is 0. The average molecular weight is 357 g/mol. The quantitative estimate of drug-likeness (QED) is 0.893. The number of methoxy groups -OCH3 is 1. The van der Waals surface area contributed by atoms with Crippen LogP contribution in [-0.4, -0.2) is 45.4 Å². The average Bonchev–Trinajstić information content (AvgIpc) is 3.31. The van der Waals surface area contributed by atoms with Crippen molar-refractivity contribution in [3.05, 3.63) is 47.8 Å². The molecular formula is C20H27N3O3. The lowest BCUT2D eigenvalue weighted by atomic mass is 9.86. The van der Waals surface area contributed by atoms with Crippen molar-refractivity contribution >= 4 is 5.91 Å². The van der Waals surface area contributed by atoms with Gasteiger partial charge in [0.15, 0.2) is 0 Å². The maximum atomic E-state index is 13.0. The molecule has 2 atom stereocenters. The Hall–Kier alpha value is -2.34. The van der Waals surface area contributed by atoms with Gasteiger partial charge in [0.2, 0.25) is 0 Å². The number of aromatic nitrogens is 2. The number of benzene rings is 1. The lowest BCUT2D eigenvalue weighted by Gasteiger charge is -2.36. The van der Waals surface area contributed by atoms with Crippen molar-refractivity contribution in [2.75, 3.05) is 13.7 Å². The zero-order valence-electron chi connectivity index (χ0n) is 15.8. The van der Waals surface area contributed by atoms with Gasteiger partial charge in [-0.25, -0.2) is 0 Å². The van der Waals surface area contributed by atoms with Crippen LogP contribution in [0.2, 0.25) is 0 Å². The van der Waals surface area contributed by atoms with Gasteiger partial charge in [-0.15, -0.1) is 0 Å². The molecule has 2 heterocycles. The number of hydrogen-bond donors (Lipinski definition) is 1. The van der Waals surface area contributed by atoms with Gasteiger partial charge in [-0.1, -0.05) is 12.1 Å². The first-order valence-corrected chi connectivity index (χ1v) is 9.07. The number of amides is 1. The van der Waals surface area contributed by atoms with E-state index in [1.54, 1.807) is 29.7 Å². The molecule has 1 aliphatic heterocycles. The minimum absolute atomic E-state index is 0.124. The topological polar surface area (TPSA) is 67.6 Å². The second-order valence-corrected chi connectivity index (χ2v) is 7.31. The third-order valence-corrected chi connectivity index (χ3v) is 5.19. The Balaban J connectivity index is 1.84. The normalized spacial score (nSPS) is 19.6. The molecule has 0 radical (unpaired) electrons. The van der Waals surface area contributed by atoms with Crippen molar-refractivity contribution in [1.29, 1.82) is 0 Å². The van der Waals surface area contributed by atoms with Gasteiger partial charge in [-0.05, 0) is 57.4 Å². The second-order valence-electron chi connectivity index (χ2n) is 7.31. The summed E-state index contributed by atoms with van der Waals surface area (Å²) in [4.78, 5) is 14.8. The monoisotopic (exact) mass is 357 g/mol. The van der Waals surface area contributed by atoms with Crippen molar-refractivity contribution in [3.8, 4) is 5.75 Å². The summed E-state index contributed by atoms with van der Waals surface area (Å²) in [5.74, 6) is 0.615. The Morgan fingerprint density at radius 1 is 1.31 bits per heavy atom. The number of likely N-dealkylation sites (tertiary alicyclic amines) is 1. The minimum Gasteiger partial charge on any atom is -0.497 e. The van der Waals surface area contributed by atoms with Crippen molar-refractivity contribution in [1.82, 2.24) is 14.7 Å². The number of nitrogens with zero attached hydrogens (tertiary/aromatic N) is 3. The van der Waals surface area contributed by atoms with Crippen molar-refractivity contribution < 1.29 is 14.6 Å². The predicted molar refractivity (Wildman–Crippen MR) is 99.2 cm³/mol. The largest absolute Gasteiger partial charge is 0.497 e. The van der Waals surface area contributed by atoms with Gasteiger partial charge >= 0.3 is 0 Å². The number of ether oxygens (including phenoxy) is 1. The molecule has 1 aromatic carbocycles. The number of carbonyl (C=O) groups excluding carboxylic acids is 1. The summed E-state index contributed by atoms with van der Waals surface area (Å²) in [6.45, 7) is 6.45. The van der Waals surface area contributed by atoms with Crippen LogP contribution in [0, 0.1) is 0 Å². The van der Waals surface area contributed by atoms with Gasteiger partial charge in [-0.3, -0.25) is 9.48 Å². The molecule has 1 fully saturated rings. The van der Waals surface area contributed by atoms with Gasteiger partial charge in [0, 0.05) is 18.8 Å². The van der Waals surface area contributed by atoms with E-state index < -0.39 is 5.60 Å². The minimum atomic E-state index is -1.14. The van der Waals surface area contributed by atoms with Crippen LogP contribution in [0.25, 0.3) is 0 Å². The predicted octanol–water partition coefficient (Wildman–Crippen LogP) is 2.98. The van der Waals surface area contributed by atoms with E-state index in [2.05, 4.69) is 5.10 Å². The van der Waals surface area contributed by atoms with E-state index in [9.17, 15) is 9.90 Å². The molecule has 0 saturated carbocycles. The molecule has 1 aromatic heterocycles. The molecule has 0 bridgehead atoms. The van der Waals surface area contributed by atoms with E-state index in [4.69, 9.17) is 4.74 Å². The van der Waals surface area contributed by atoms with Crippen LogP contribution in [0.3, 0.4) is 0 Å². The Labute approximate surface area is 154 Å². The molecule has 1 N–H and O–H groups in total. The van der Waals surface area contributed by atoms with Crippen LogP contribution in [0.1, 0.15) is 55.7 Å².